The molecule has 0 spiro atoms. The number of amides is 1. The lowest BCUT2D eigenvalue weighted by Crippen LogP contribution is -2.55. The minimum Gasteiger partial charge on any atom is -0.339 e. The van der Waals surface area contributed by atoms with E-state index in [0.29, 0.717) is 0 Å². The number of nitrogens with one attached hydrogen (secondary N) is 1. The number of nitrogens with zero attached hydrogens (tertiary/aromatic N) is 3. The molecular weight excluding hydrogens is 284 g/mol. The van der Waals surface area contributed by atoms with E-state index < -0.39 is 0 Å². The van der Waals surface area contributed by atoms with Crippen LogP contribution in [-0.4, -0.2) is 71.0 Å². The Kier molecular flexibility index (Phi) is 5.11. The van der Waals surface area contributed by atoms with Crippen molar-refractivity contribution in [3.8, 4) is 0 Å². The molecule has 2 fully saturated rings. The zero-order valence-electron chi connectivity index (χ0n) is 12.2. The average molecular weight is 306 g/mol. The molecule has 0 saturated carbocycles. The van der Waals surface area contributed by atoms with Gasteiger partial charge in [0.1, 0.15) is 0 Å². The first-order valence-corrected chi connectivity index (χ1v) is 8.69. The zero-order chi connectivity index (χ0) is 14.5. The number of rotatable bonds is 3. The van der Waals surface area contributed by atoms with Crippen LogP contribution in [0.15, 0.2) is 24.5 Å². The number of thioether (sulfide) groups is 1. The van der Waals surface area contributed by atoms with Crippen molar-refractivity contribution >= 4 is 17.7 Å². The van der Waals surface area contributed by atoms with Crippen molar-refractivity contribution in [1.82, 2.24) is 20.1 Å². The van der Waals surface area contributed by atoms with E-state index in [9.17, 15) is 4.79 Å². The molecule has 6 heteroatoms. The molecule has 0 bridgehead atoms. The van der Waals surface area contributed by atoms with Gasteiger partial charge >= 0.3 is 0 Å². The Morgan fingerprint density at radius 2 is 2.05 bits per heavy atom. The molecular formula is C15H22N4OS. The summed E-state index contributed by atoms with van der Waals surface area (Å²) in [6.45, 7) is 5.48. The Bertz CT molecular complexity index is 456. The quantitative estimate of drug-likeness (QED) is 0.878. The highest BCUT2D eigenvalue weighted by Crippen LogP contribution is 2.13. The summed E-state index contributed by atoms with van der Waals surface area (Å²) in [7, 11) is 0. The zero-order valence-corrected chi connectivity index (χ0v) is 13.0. The predicted octanol–water partition coefficient (Wildman–Crippen LogP) is 0.431. The summed E-state index contributed by atoms with van der Waals surface area (Å²) < 4.78 is 0. The molecule has 1 N–H and O–H groups in total. The fraction of sp³-hybridized carbons (Fsp3) is 0.600. The van der Waals surface area contributed by atoms with E-state index in [0.717, 1.165) is 50.8 Å². The monoisotopic (exact) mass is 306 g/mol. The number of aromatic nitrogens is 1. The number of hydrogen-bond acceptors (Lipinski definition) is 5. The van der Waals surface area contributed by atoms with Gasteiger partial charge in [-0.15, -0.1) is 0 Å². The molecule has 0 aliphatic carbocycles. The molecule has 5 nitrogen and oxygen atoms in total. The van der Waals surface area contributed by atoms with Gasteiger partial charge in [0.15, 0.2) is 0 Å². The minimum absolute atomic E-state index is 0.0236. The van der Waals surface area contributed by atoms with Gasteiger partial charge in [-0.2, -0.15) is 11.8 Å². The number of hydrogen-bond donors (Lipinski definition) is 1. The maximum absolute atomic E-state index is 12.4. The first-order chi connectivity index (χ1) is 10.3. The van der Waals surface area contributed by atoms with Crippen LogP contribution in [-0.2, 0) is 11.3 Å². The van der Waals surface area contributed by atoms with Gasteiger partial charge in [0.2, 0.25) is 5.91 Å². The fourth-order valence-electron chi connectivity index (χ4n) is 2.82. The van der Waals surface area contributed by atoms with Gasteiger partial charge in [0.25, 0.3) is 0 Å². The van der Waals surface area contributed by atoms with E-state index in [1.54, 1.807) is 0 Å². The molecule has 1 atom stereocenters. The van der Waals surface area contributed by atoms with Crippen LogP contribution >= 0.6 is 11.8 Å². The summed E-state index contributed by atoms with van der Waals surface area (Å²) in [4.78, 5) is 20.9. The lowest BCUT2D eigenvalue weighted by Gasteiger charge is -2.37. The second-order valence-electron chi connectivity index (χ2n) is 5.54. The Morgan fingerprint density at radius 1 is 1.29 bits per heavy atom. The molecule has 1 unspecified atom stereocenters. The van der Waals surface area contributed by atoms with Crippen LogP contribution < -0.4 is 5.32 Å². The van der Waals surface area contributed by atoms with Gasteiger partial charge in [-0.25, -0.2) is 0 Å². The van der Waals surface area contributed by atoms with Crippen LogP contribution in [0.3, 0.4) is 0 Å². The van der Waals surface area contributed by atoms with Gasteiger partial charge in [0, 0.05) is 63.2 Å². The molecule has 21 heavy (non-hydrogen) atoms. The molecule has 0 radical (unpaired) electrons. The van der Waals surface area contributed by atoms with Crippen LogP contribution in [0.1, 0.15) is 5.56 Å². The van der Waals surface area contributed by atoms with Gasteiger partial charge < -0.3 is 10.2 Å². The van der Waals surface area contributed by atoms with Crippen molar-refractivity contribution in [3.63, 3.8) is 0 Å². The first-order valence-electron chi connectivity index (χ1n) is 7.54. The Morgan fingerprint density at radius 3 is 2.71 bits per heavy atom. The summed E-state index contributed by atoms with van der Waals surface area (Å²) in [5.74, 6) is 2.31. The van der Waals surface area contributed by atoms with Gasteiger partial charge in [-0.05, 0) is 17.7 Å². The summed E-state index contributed by atoms with van der Waals surface area (Å²) in [6.07, 6.45) is 3.67. The molecule has 114 valence electrons. The third-order valence-corrected chi connectivity index (χ3v) is 5.12. The molecule has 2 saturated heterocycles. The molecule has 1 aromatic rings. The van der Waals surface area contributed by atoms with Crippen molar-refractivity contribution in [1.29, 1.82) is 0 Å². The lowest BCUT2D eigenvalue weighted by molar-refractivity contribution is -0.134. The maximum atomic E-state index is 12.4. The summed E-state index contributed by atoms with van der Waals surface area (Å²) in [5.41, 5.74) is 1.29. The summed E-state index contributed by atoms with van der Waals surface area (Å²) in [6, 6.07) is 4.14. The molecule has 1 aromatic heterocycles. The Hall–Kier alpha value is -1.11. The highest BCUT2D eigenvalue weighted by Gasteiger charge is 2.28. The molecule has 2 aliphatic rings. The van der Waals surface area contributed by atoms with E-state index in [-0.39, 0.29) is 11.9 Å². The van der Waals surface area contributed by atoms with E-state index >= 15 is 0 Å². The van der Waals surface area contributed by atoms with E-state index in [4.69, 9.17) is 0 Å². The largest absolute Gasteiger partial charge is 0.339 e. The SMILES string of the molecule is O=C(C1CSCCN1)N1CCN(Cc2ccncc2)CC1. The van der Waals surface area contributed by atoms with E-state index in [2.05, 4.69) is 27.3 Å². The van der Waals surface area contributed by atoms with Crippen molar-refractivity contribution in [3.05, 3.63) is 30.1 Å². The molecule has 3 heterocycles. The van der Waals surface area contributed by atoms with Crippen LogP contribution in [0.4, 0.5) is 0 Å². The minimum atomic E-state index is 0.0236. The molecule has 0 aromatic carbocycles. The lowest BCUT2D eigenvalue weighted by atomic mass is 10.2. The highest BCUT2D eigenvalue weighted by molar-refractivity contribution is 7.99. The van der Waals surface area contributed by atoms with Crippen LogP contribution in [0.2, 0.25) is 0 Å². The van der Waals surface area contributed by atoms with Crippen molar-refractivity contribution in [2.75, 3.05) is 44.2 Å². The third-order valence-electron chi connectivity index (χ3n) is 4.06. The predicted molar refractivity (Wildman–Crippen MR) is 85.2 cm³/mol. The maximum Gasteiger partial charge on any atom is 0.240 e. The number of carbonyl (C=O) groups is 1. The topological polar surface area (TPSA) is 48.5 Å². The van der Waals surface area contributed by atoms with Gasteiger partial charge in [-0.3, -0.25) is 14.7 Å². The van der Waals surface area contributed by atoms with E-state index in [1.807, 2.05) is 29.1 Å². The fourth-order valence-corrected chi connectivity index (χ4v) is 3.74. The number of carbonyl (C=O) groups excluding carboxylic acids is 1. The van der Waals surface area contributed by atoms with Crippen molar-refractivity contribution in [2.24, 2.45) is 0 Å². The van der Waals surface area contributed by atoms with Crippen LogP contribution in [0.25, 0.3) is 0 Å². The average Bonchev–Trinajstić information content (AvgIpc) is 2.57. The summed E-state index contributed by atoms with van der Waals surface area (Å²) in [5, 5.41) is 3.33. The Balaban J connectivity index is 1.47. The second kappa shape index (κ2) is 7.24. The molecule has 1 amide bonds. The van der Waals surface area contributed by atoms with Crippen molar-refractivity contribution < 1.29 is 4.79 Å². The highest BCUT2D eigenvalue weighted by atomic mass is 32.2. The standard InChI is InChI=1S/C15H22N4OS/c20-15(14-12-21-10-5-17-14)19-8-6-18(7-9-19)11-13-1-3-16-4-2-13/h1-4,14,17H,5-12H2. The normalized spacial score (nSPS) is 24.0. The van der Waals surface area contributed by atoms with Crippen LogP contribution in [0.5, 0.6) is 0 Å². The van der Waals surface area contributed by atoms with Gasteiger partial charge in [0.05, 0.1) is 6.04 Å². The summed E-state index contributed by atoms with van der Waals surface area (Å²) >= 11 is 1.87. The van der Waals surface area contributed by atoms with Crippen LogP contribution in [0, 0.1) is 0 Å². The molecule has 2 aliphatic heterocycles. The van der Waals surface area contributed by atoms with Crippen molar-refractivity contribution in [2.45, 2.75) is 12.6 Å². The smallest absolute Gasteiger partial charge is 0.240 e. The van der Waals surface area contributed by atoms with Gasteiger partial charge in [-0.1, -0.05) is 0 Å². The number of piperazine rings is 1. The number of pyridine rings is 1. The third kappa shape index (κ3) is 3.96. The Labute approximate surface area is 130 Å². The molecule has 3 rings (SSSR count). The van der Waals surface area contributed by atoms with E-state index in [1.165, 1.54) is 5.56 Å². The second-order valence-corrected chi connectivity index (χ2v) is 6.69. The first kappa shape index (κ1) is 14.8.